The van der Waals surface area contributed by atoms with Gasteiger partial charge in [0, 0.05) is 36.6 Å². The number of nitrogens with one attached hydrogen (secondary N) is 1. The summed E-state index contributed by atoms with van der Waals surface area (Å²) >= 11 is 6.12. The number of carbonyl (C=O) groups excluding carboxylic acids is 2. The molecular weight excluding hydrogens is 372 g/mol. The van der Waals surface area contributed by atoms with Gasteiger partial charge in [0.2, 0.25) is 11.8 Å². The van der Waals surface area contributed by atoms with Crippen LogP contribution in [0.3, 0.4) is 0 Å². The fourth-order valence-corrected chi connectivity index (χ4v) is 3.78. The van der Waals surface area contributed by atoms with Gasteiger partial charge in [-0.15, -0.1) is 0 Å². The monoisotopic (exact) mass is 398 g/mol. The summed E-state index contributed by atoms with van der Waals surface area (Å²) in [4.78, 5) is 27.2. The lowest BCUT2D eigenvalue weighted by atomic mass is 9.84. The number of hydrogen-bond donors (Lipinski definition) is 1. The summed E-state index contributed by atoms with van der Waals surface area (Å²) in [5, 5.41) is 3.51. The molecule has 0 saturated heterocycles. The highest BCUT2D eigenvalue weighted by atomic mass is 35.5. The van der Waals surface area contributed by atoms with Gasteiger partial charge in [0.05, 0.1) is 0 Å². The first-order chi connectivity index (χ1) is 13.2. The van der Waals surface area contributed by atoms with Crippen LogP contribution in [-0.4, -0.2) is 23.3 Å². The molecule has 1 N–H and O–H groups in total. The fraction of sp³-hybridized carbons (Fsp3) is 0.391. The highest BCUT2D eigenvalue weighted by Crippen LogP contribution is 2.29. The van der Waals surface area contributed by atoms with Crippen molar-refractivity contribution in [1.29, 1.82) is 0 Å². The van der Waals surface area contributed by atoms with E-state index >= 15 is 0 Å². The Labute approximate surface area is 171 Å². The van der Waals surface area contributed by atoms with Crippen LogP contribution in [0.4, 0.5) is 5.69 Å². The molecule has 1 heterocycles. The Morgan fingerprint density at radius 3 is 2.54 bits per heavy atom. The smallest absolute Gasteiger partial charge is 0.224 e. The van der Waals surface area contributed by atoms with E-state index in [9.17, 15) is 9.59 Å². The van der Waals surface area contributed by atoms with Crippen LogP contribution < -0.4 is 5.32 Å². The quantitative estimate of drug-likeness (QED) is 0.772. The molecule has 2 aromatic rings. The number of hydrogen-bond acceptors (Lipinski definition) is 2. The average Bonchev–Trinajstić information content (AvgIpc) is 2.63. The summed E-state index contributed by atoms with van der Waals surface area (Å²) in [7, 11) is 0. The van der Waals surface area contributed by atoms with E-state index in [1.165, 1.54) is 11.1 Å². The molecule has 4 nitrogen and oxygen atoms in total. The molecule has 2 amide bonds. The second-order valence-corrected chi connectivity index (χ2v) is 8.77. The number of carbonyl (C=O) groups is 2. The third-order valence-corrected chi connectivity index (χ3v) is 5.62. The molecule has 0 radical (unpaired) electrons. The highest BCUT2D eigenvalue weighted by molar-refractivity contribution is 6.31. The Hall–Kier alpha value is -2.33. The minimum Gasteiger partial charge on any atom is -0.338 e. The lowest BCUT2D eigenvalue weighted by Gasteiger charge is -2.32. The third kappa shape index (κ3) is 5.14. The summed E-state index contributed by atoms with van der Waals surface area (Å²) in [6.07, 6.45) is 1.50. The van der Waals surface area contributed by atoms with E-state index in [2.05, 4.69) is 17.4 Å². The van der Waals surface area contributed by atoms with E-state index in [1.54, 1.807) is 6.07 Å². The van der Waals surface area contributed by atoms with Crippen LogP contribution in [0.25, 0.3) is 0 Å². The van der Waals surface area contributed by atoms with Crippen LogP contribution in [0, 0.1) is 12.3 Å². The van der Waals surface area contributed by atoms with Crippen molar-refractivity contribution >= 4 is 29.1 Å². The van der Waals surface area contributed by atoms with Crippen molar-refractivity contribution in [3.63, 3.8) is 0 Å². The topological polar surface area (TPSA) is 49.4 Å². The van der Waals surface area contributed by atoms with Crippen molar-refractivity contribution < 1.29 is 9.59 Å². The van der Waals surface area contributed by atoms with E-state index < -0.39 is 5.41 Å². The van der Waals surface area contributed by atoms with Crippen molar-refractivity contribution in [3.05, 3.63) is 64.2 Å². The van der Waals surface area contributed by atoms with Gasteiger partial charge < -0.3 is 10.2 Å². The Bertz CT molecular complexity index is 892. The Morgan fingerprint density at radius 2 is 1.82 bits per heavy atom. The van der Waals surface area contributed by atoms with Gasteiger partial charge in [-0.05, 0) is 47.6 Å². The summed E-state index contributed by atoms with van der Waals surface area (Å²) in [5.74, 6) is -0.00704. The lowest BCUT2D eigenvalue weighted by Crippen LogP contribution is -2.38. The zero-order chi connectivity index (χ0) is 20.3. The van der Waals surface area contributed by atoms with E-state index in [4.69, 9.17) is 11.6 Å². The molecule has 1 aliphatic rings. The van der Waals surface area contributed by atoms with Gasteiger partial charge in [0.1, 0.15) is 0 Å². The maximum Gasteiger partial charge on any atom is 0.224 e. The molecule has 3 rings (SSSR count). The average molecular weight is 399 g/mol. The van der Waals surface area contributed by atoms with E-state index in [-0.39, 0.29) is 18.2 Å². The van der Waals surface area contributed by atoms with Gasteiger partial charge in [-0.3, -0.25) is 9.59 Å². The second kappa shape index (κ2) is 8.36. The standard InChI is InChI=1S/C23H27ClN2O2/c1-16-8-9-19(12-20(16)24)25-21(27)13-23(2,3)14-22(28)26-11-10-17-6-4-5-7-18(17)15-26/h4-9,12H,10-11,13-15H2,1-3H3,(H,25,27). The van der Waals surface area contributed by atoms with Crippen molar-refractivity contribution in [2.45, 2.75) is 46.6 Å². The summed E-state index contributed by atoms with van der Waals surface area (Å²) in [6.45, 7) is 7.23. The van der Waals surface area contributed by atoms with Gasteiger partial charge in [0.15, 0.2) is 0 Å². The van der Waals surface area contributed by atoms with Crippen LogP contribution in [0.15, 0.2) is 42.5 Å². The Balaban J connectivity index is 1.56. The number of fused-ring (bicyclic) bond motifs is 1. The van der Waals surface area contributed by atoms with Crippen molar-refractivity contribution in [2.75, 3.05) is 11.9 Å². The number of benzene rings is 2. The molecule has 2 aromatic carbocycles. The largest absolute Gasteiger partial charge is 0.338 e. The van der Waals surface area contributed by atoms with E-state index in [0.717, 1.165) is 18.5 Å². The number of rotatable bonds is 5. The molecule has 0 spiro atoms. The SMILES string of the molecule is Cc1ccc(NC(=O)CC(C)(C)CC(=O)N2CCc3ccccc3C2)cc1Cl. The van der Waals surface area contributed by atoms with Crippen LogP contribution >= 0.6 is 11.6 Å². The predicted octanol–water partition coefficient (Wildman–Crippen LogP) is 4.98. The molecular formula is C23H27ClN2O2. The lowest BCUT2D eigenvalue weighted by molar-refractivity contribution is -0.134. The van der Waals surface area contributed by atoms with E-state index in [0.29, 0.717) is 23.7 Å². The molecule has 148 valence electrons. The van der Waals surface area contributed by atoms with Crippen LogP contribution in [0.2, 0.25) is 5.02 Å². The minimum absolute atomic E-state index is 0.102. The fourth-order valence-electron chi connectivity index (χ4n) is 3.60. The summed E-state index contributed by atoms with van der Waals surface area (Å²) in [6, 6.07) is 13.7. The Morgan fingerprint density at radius 1 is 1.11 bits per heavy atom. The first kappa shape index (κ1) is 20.4. The third-order valence-electron chi connectivity index (χ3n) is 5.21. The predicted molar refractivity (Wildman–Crippen MR) is 113 cm³/mol. The molecule has 0 saturated carbocycles. The number of aryl methyl sites for hydroxylation is 1. The van der Waals surface area contributed by atoms with Gasteiger partial charge >= 0.3 is 0 Å². The molecule has 0 aromatic heterocycles. The van der Waals surface area contributed by atoms with E-state index in [1.807, 2.05) is 49.9 Å². The maximum absolute atomic E-state index is 12.8. The number of halogens is 1. The molecule has 5 heteroatoms. The maximum atomic E-state index is 12.8. The molecule has 0 bridgehead atoms. The Kier molecular flexibility index (Phi) is 6.09. The molecule has 28 heavy (non-hydrogen) atoms. The van der Waals surface area contributed by atoms with Gasteiger partial charge in [-0.25, -0.2) is 0 Å². The molecule has 0 atom stereocenters. The van der Waals surface area contributed by atoms with Crippen molar-refractivity contribution in [3.8, 4) is 0 Å². The summed E-state index contributed by atoms with van der Waals surface area (Å²) in [5.41, 5.74) is 3.76. The molecule has 0 aliphatic carbocycles. The first-order valence-electron chi connectivity index (χ1n) is 9.64. The minimum atomic E-state index is -0.424. The van der Waals surface area contributed by atoms with Gasteiger partial charge in [-0.2, -0.15) is 0 Å². The number of anilines is 1. The molecule has 0 fully saturated rings. The normalized spacial score (nSPS) is 13.8. The number of amides is 2. The molecule has 0 unspecified atom stereocenters. The zero-order valence-electron chi connectivity index (χ0n) is 16.7. The van der Waals surface area contributed by atoms with Crippen LogP contribution in [-0.2, 0) is 22.6 Å². The van der Waals surface area contributed by atoms with Crippen molar-refractivity contribution in [1.82, 2.24) is 4.90 Å². The highest BCUT2D eigenvalue weighted by Gasteiger charge is 2.29. The summed E-state index contributed by atoms with van der Waals surface area (Å²) < 4.78 is 0. The zero-order valence-corrected chi connectivity index (χ0v) is 17.5. The second-order valence-electron chi connectivity index (χ2n) is 8.36. The van der Waals surface area contributed by atoms with Gasteiger partial charge in [-0.1, -0.05) is 55.8 Å². The van der Waals surface area contributed by atoms with Gasteiger partial charge in [0.25, 0.3) is 0 Å². The van der Waals surface area contributed by atoms with Crippen LogP contribution in [0.5, 0.6) is 0 Å². The molecule has 1 aliphatic heterocycles. The van der Waals surface area contributed by atoms with Crippen LogP contribution in [0.1, 0.15) is 43.4 Å². The first-order valence-corrected chi connectivity index (χ1v) is 10.0. The number of nitrogens with zero attached hydrogens (tertiary/aromatic N) is 1. The van der Waals surface area contributed by atoms with Crippen molar-refractivity contribution in [2.24, 2.45) is 5.41 Å².